The molecule has 0 radical (unpaired) electrons. The number of benzene rings is 3. The zero-order valence-electron chi connectivity index (χ0n) is 19.3. The van der Waals surface area contributed by atoms with Gasteiger partial charge in [0.1, 0.15) is 24.8 Å². The molecule has 0 bridgehead atoms. The predicted molar refractivity (Wildman–Crippen MR) is 131 cm³/mol. The summed E-state index contributed by atoms with van der Waals surface area (Å²) in [7, 11) is 1.19. The topological polar surface area (TPSA) is 103 Å². The molecule has 0 heterocycles. The third kappa shape index (κ3) is 8.28. The Hall–Kier alpha value is -4.11. The SMILES string of the molecule is COC(=O)[C@H](COc1ccccc1Cl)NC(=O)OCc1ccc(NC(=O)Cc2ccc(F)cc2)cc1. The van der Waals surface area contributed by atoms with Gasteiger partial charge in [0.05, 0.1) is 18.6 Å². The summed E-state index contributed by atoms with van der Waals surface area (Å²) in [6.45, 7) is -0.285. The van der Waals surface area contributed by atoms with Gasteiger partial charge in [-0.05, 0) is 47.5 Å². The molecule has 1 atom stereocenters. The lowest BCUT2D eigenvalue weighted by Crippen LogP contribution is -2.45. The summed E-state index contributed by atoms with van der Waals surface area (Å²) in [6, 6.07) is 18.0. The van der Waals surface area contributed by atoms with Crippen LogP contribution in [0.1, 0.15) is 11.1 Å². The van der Waals surface area contributed by atoms with Crippen LogP contribution < -0.4 is 15.4 Å². The third-order valence-electron chi connectivity index (χ3n) is 4.91. The van der Waals surface area contributed by atoms with Gasteiger partial charge in [-0.3, -0.25) is 4.79 Å². The van der Waals surface area contributed by atoms with E-state index in [1.807, 2.05) is 0 Å². The van der Waals surface area contributed by atoms with E-state index >= 15 is 0 Å². The van der Waals surface area contributed by atoms with Gasteiger partial charge < -0.3 is 24.8 Å². The van der Waals surface area contributed by atoms with Crippen molar-refractivity contribution < 1.29 is 33.0 Å². The Morgan fingerprint density at radius 3 is 2.28 bits per heavy atom. The van der Waals surface area contributed by atoms with E-state index in [1.165, 1.54) is 19.2 Å². The molecule has 36 heavy (non-hydrogen) atoms. The molecule has 8 nitrogen and oxygen atoms in total. The van der Waals surface area contributed by atoms with Gasteiger partial charge in [-0.25, -0.2) is 14.0 Å². The molecule has 2 N–H and O–H groups in total. The number of amides is 2. The van der Waals surface area contributed by atoms with E-state index in [1.54, 1.807) is 60.7 Å². The van der Waals surface area contributed by atoms with E-state index in [4.69, 9.17) is 25.8 Å². The standard InChI is InChI=1S/C26H24ClFN2O6/c1-34-25(32)22(16-35-23-5-3-2-4-21(23)27)30-26(33)36-15-18-8-12-20(13-9-18)29-24(31)14-17-6-10-19(28)11-7-17/h2-13,22H,14-16H2,1H3,(H,29,31)(H,30,33)/t22-/m0/s1. The molecule has 0 saturated carbocycles. The maximum atomic E-state index is 13.0. The van der Waals surface area contributed by atoms with Gasteiger partial charge in [-0.15, -0.1) is 0 Å². The van der Waals surface area contributed by atoms with Crippen LogP contribution in [0.15, 0.2) is 72.8 Å². The molecule has 0 saturated heterocycles. The van der Waals surface area contributed by atoms with Gasteiger partial charge in [0, 0.05) is 5.69 Å². The van der Waals surface area contributed by atoms with Crippen LogP contribution in [0.2, 0.25) is 5.02 Å². The average Bonchev–Trinajstić information content (AvgIpc) is 2.88. The number of carbonyl (C=O) groups excluding carboxylic acids is 3. The lowest BCUT2D eigenvalue weighted by molar-refractivity contribution is -0.143. The Bertz CT molecular complexity index is 1190. The summed E-state index contributed by atoms with van der Waals surface area (Å²) in [6.07, 6.45) is -0.739. The molecule has 10 heteroatoms. The van der Waals surface area contributed by atoms with Crippen LogP contribution in [0.3, 0.4) is 0 Å². The molecule has 0 aliphatic rings. The first-order chi connectivity index (χ1) is 17.3. The van der Waals surface area contributed by atoms with Crippen molar-refractivity contribution in [2.75, 3.05) is 19.0 Å². The Balaban J connectivity index is 1.46. The summed E-state index contributed by atoms with van der Waals surface area (Å²) < 4.78 is 28.4. The van der Waals surface area contributed by atoms with E-state index in [0.29, 0.717) is 27.6 Å². The van der Waals surface area contributed by atoms with Crippen molar-refractivity contribution in [3.63, 3.8) is 0 Å². The van der Waals surface area contributed by atoms with Crippen LogP contribution in [0, 0.1) is 5.82 Å². The first-order valence-electron chi connectivity index (χ1n) is 10.9. The molecule has 2 amide bonds. The zero-order chi connectivity index (χ0) is 25.9. The number of hydrogen-bond donors (Lipinski definition) is 2. The van der Waals surface area contributed by atoms with Gasteiger partial charge in [-0.2, -0.15) is 0 Å². The average molecular weight is 515 g/mol. The molecule has 3 rings (SSSR count). The maximum Gasteiger partial charge on any atom is 0.408 e. The molecule has 0 unspecified atom stereocenters. The van der Waals surface area contributed by atoms with Crippen molar-refractivity contribution in [3.05, 3.63) is 94.8 Å². The molecule has 0 fully saturated rings. The fraction of sp³-hybridized carbons (Fsp3) is 0.192. The largest absolute Gasteiger partial charge is 0.489 e. The molecule has 0 aromatic heterocycles. The first kappa shape index (κ1) is 26.5. The van der Waals surface area contributed by atoms with Crippen LogP contribution >= 0.6 is 11.6 Å². The number of para-hydroxylation sites is 1. The number of esters is 1. The number of nitrogens with one attached hydrogen (secondary N) is 2. The normalized spacial score (nSPS) is 11.2. The molecule has 188 valence electrons. The summed E-state index contributed by atoms with van der Waals surface area (Å²) in [5.74, 6) is -0.970. The molecule has 0 aliphatic heterocycles. The van der Waals surface area contributed by atoms with Crippen LogP contribution in [-0.4, -0.2) is 37.7 Å². The molecule has 0 aliphatic carbocycles. The highest BCUT2D eigenvalue weighted by Crippen LogP contribution is 2.23. The number of carbonyl (C=O) groups is 3. The monoisotopic (exact) mass is 514 g/mol. The molecule has 3 aromatic carbocycles. The van der Waals surface area contributed by atoms with E-state index < -0.39 is 18.1 Å². The summed E-state index contributed by atoms with van der Waals surface area (Å²) >= 11 is 6.04. The van der Waals surface area contributed by atoms with Crippen molar-refractivity contribution in [2.45, 2.75) is 19.1 Å². The first-order valence-corrected chi connectivity index (χ1v) is 11.2. The molecular formula is C26H24ClFN2O6. The molecular weight excluding hydrogens is 491 g/mol. The van der Waals surface area contributed by atoms with Crippen LogP contribution in [-0.2, 0) is 32.1 Å². The minimum absolute atomic E-state index is 0.0745. The number of halogens is 2. The fourth-order valence-electron chi connectivity index (χ4n) is 3.06. The second-order valence-corrected chi connectivity index (χ2v) is 7.99. The van der Waals surface area contributed by atoms with Crippen molar-refractivity contribution in [1.82, 2.24) is 5.32 Å². The number of alkyl carbamates (subject to hydrolysis) is 1. The van der Waals surface area contributed by atoms with Crippen LogP contribution in [0.4, 0.5) is 14.9 Å². The number of hydrogen-bond acceptors (Lipinski definition) is 6. The van der Waals surface area contributed by atoms with Gasteiger partial charge in [0.2, 0.25) is 5.91 Å². The van der Waals surface area contributed by atoms with E-state index in [0.717, 1.165) is 0 Å². The Kier molecular flexibility index (Phi) is 9.64. The zero-order valence-corrected chi connectivity index (χ0v) is 20.1. The molecule has 3 aromatic rings. The molecule has 0 spiro atoms. The van der Waals surface area contributed by atoms with Gasteiger partial charge in [0.15, 0.2) is 6.04 Å². The third-order valence-corrected chi connectivity index (χ3v) is 5.22. The fourth-order valence-corrected chi connectivity index (χ4v) is 3.25. The Labute approximate surface area is 212 Å². The second kappa shape index (κ2) is 13.1. The highest BCUT2D eigenvalue weighted by molar-refractivity contribution is 6.32. The minimum atomic E-state index is -1.11. The van der Waals surface area contributed by atoms with E-state index in [9.17, 15) is 18.8 Å². The highest BCUT2D eigenvalue weighted by atomic mass is 35.5. The predicted octanol–water partition coefficient (Wildman–Crippen LogP) is 4.51. The van der Waals surface area contributed by atoms with Gasteiger partial charge in [0.25, 0.3) is 0 Å². The van der Waals surface area contributed by atoms with Crippen molar-refractivity contribution in [1.29, 1.82) is 0 Å². The van der Waals surface area contributed by atoms with Gasteiger partial charge >= 0.3 is 12.1 Å². The lowest BCUT2D eigenvalue weighted by atomic mass is 10.1. The quantitative estimate of drug-likeness (QED) is 0.386. The van der Waals surface area contributed by atoms with Crippen LogP contribution in [0.25, 0.3) is 0 Å². The van der Waals surface area contributed by atoms with Gasteiger partial charge in [-0.1, -0.05) is 48.0 Å². The van der Waals surface area contributed by atoms with E-state index in [-0.39, 0.29) is 31.4 Å². The lowest BCUT2D eigenvalue weighted by Gasteiger charge is -2.17. The number of ether oxygens (including phenoxy) is 3. The number of anilines is 1. The number of methoxy groups -OCH3 is 1. The summed E-state index contributed by atoms with van der Waals surface area (Å²) in [4.78, 5) is 36.4. The summed E-state index contributed by atoms with van der Waals surface area (Å²) in [5.41, 5.74) is 1.90. The summed E-state index contributed by atoms with van der Waals surface area (Å²) in [5, 5.41) is 5.51. The van der Waals surface area contributed by atoms with Crippen molar-refractivity contribution in [3.8, 4) is 5.75 Å². The highest BCUT2D eigenvalue weighted by Gasteiger charge is 2.23. The maximum absolute atomic E-state index is 13.0. The van der Waals surface area contributed by atoms with Crippen molar-refractivity contribution in [2.24, 2.45) is 0 Å². The second-order valence-electron chi connectivity index (χ2n) is 7.59. The smallest absolute Gasteiger partial charge is 0.408 e. The Morgan fingerprint density at radius 2 is 1.61 bits per heavy atom. The Morgan fingerprint density at radius 1 is 0.944 bits per heavy atom. The minimum Gasteiger partial charge on any atom is -0.489 e. The number of rotatable bonds is 10. The van der Waals surface area contributed by atoms with Crippen LogP contribution in [0.5, 0.6) is 5.75 Å². The van der Waals surface area contributed by atoms with Crippen molar-refractivity contribution >= 4 is 35.3 Å². The van der Waals surface area contributed by atoms with E-state index in [2.05, 4.69) is 10.6 Å².